The van der Waals surface area contributed by atoms with E-state index in [0.29, 0.717) is 18.0 Å². The van der Waals surface area contributed by atoms with E-state index in [1.807, 2.05) is 12.3 Å². The van der Waals surface area contributed by atoms with E-state index < -0.39 is 0 Å². The molecule has 1 aliphatic carbocycles. The molecular weight excluding hydrogens is 280 g/mol. The number of benzene rings is 1. The van der Waals surface area contributed by atoms with Crippen LogP contribution in [0.2, 0.25) is 0 Å². The Kier molecular flexibility index (Phi) is 4.56. The van der Waals surface area contributed by atoms with E-state index in [1.165, 1.54) is 23.4 Å². The van der Waals surface area contributed by atoms with Crippen LogP contribution in [0.15, 0.2) is 35.8 Å². The van der Waals surface area contributed by atoms with Gasteiger partial charge in [0.1, 0.15) is 10.8 Å². The summed E-state index contributed by atoms with van der Waals surface area (Å²) < 4.78 is 5.31. The van der Waals surface area contributed by atoms with Gasteiger partial charge in [-0.1, -0.05) is 19.1 Å². The van der Waals surface area contributed by atoms with Gasteiger partial charge < -0.3 is 10.1 Å². The topological polar surface area (TPSA) is 34.1 Å². The highest BCUT2D eigenvalue weighted by molar-refractivity contribution is 7.09. The number of rotatable bonds is 6. The van der Waals surface area contributed by atoms with Gasteiger partial charge in [0.05, 0.1) is 13.2 Å². The van der Waals surface area contributed by atoms with E-state index in [1.54, 1.807) is 18.4 Å². The Hall–Kier alpha value is -1.39. The molecule has 0 spiro atoms. The third kappa shape index (κ3) is 3.27. The molecule has 3 nitrogen and oxygen atoms in total. The van der Waals surface area contributed by atoms with Crippen LogP contribution in [0.4, 0.5) is 0 Å². The fraction of sp³-hybridized carbons (Fsp3) is 0.471. The van der Waals surface area contributed by atoms with E-state index in [-0.39, 0.29) is 0 Å². The van der Waals surface area contributed by atoms with Gasteiger partial charge in [0.15, 0.2) is 0 Å². The van der Waals surface area contributed by atoms with E-state index in [2.05, 4.69) is 40.8 Å². The van der Waals surface area contributed by atoms with Crippen molar-refractivity contribution in [2.24, 2.45) is 0 Å². The zero-order valence-corrected chi connectivity index (χ0v) is 13.4. The lowest BCUT2D eigenvalue weighted by atomic mass is 9.75. The molecule has 2 aromatic rings. The smallest absolute Gasteiger partial charge is 0.119 e. The molecule has 1 heterocycles. The van der Waals surface area contributed by atoms with Gasteiger partial charge in [0.25, 0.3) is 0 Å². The second-order valence-corrected chi connectivity index (χ2v) is 6.57. The maximum atomic E-state index is 5.31. The highest BCUT2D eigenvalue weighted by atomic mass is 32.1. The Balaban J connectivity index is 1.55. The standard InChI is InChI=1S/C17H22N2OS/c1-3-16(17-18-7-8-21-17)19-14-9-13(10-14)12-5-4-6-15(11-12)20-2/h4-8,11,13-14,16,19H,3,9-10H2,1-2H3. The molecule has 3 rings (SSSR count). The lowest BCUT2D eigenvalue weighted by Gasteiger charge is -2.38. The summed E-state index contributed by atoms with van der Waals surface area (Å²) in [6.07, 6.45) is 5.39. The second-order valence-electron chi connectivity index (χ2n) is 5.64. The van der Waals surface area contributed by atoms with Gasteiger partial charge in [0.2, 0.25) is 0 Å². The third-order valence-electron chi connectivity index (χ3n) is 4.30. The Labute approximate surface area is 130 Å². The van der Waals surface area contributed by atoms with Gasteiger partial charge in [-0.25, -0.2) is 4.98 Å². The summed E-state index contributed by atoms with van der Waals surface area (Å²) in [5.74, 6) is 1.62. The quantitative estimate of drug-likeness (QED) is 0.871. The molecule has 1 atom stereocenters. The number of ether oxygens (including phenoxy) is 1. The SMILES string of the molecule is CCC(NC1CC(c2cccc(OC)c2)C1)c1nccs1. The minimum Gasteiger partial charge on any atom is -0.497 e. The molecule has 0 saturated heterocycles. The molecule has 1 aliphatic rings. The van der Waals surface area contributed by atoms with Crippen molar-refractivity contribution in [3.63, 3.8) is 0 Å². The maximum absolute atomic E-state index is 5.31. The van der Waals surface area contributed by atoms with Crippen molar-refractivity contribution >= 4 is 11.3 Å². The minimum absolute atomic E-state index is 0.404. The largest absolute Gasteiger partial charge is 0.497 e. The summed E-state index contributed by atoms with van der Waals surface area (Å²) in [6, 6.07) is 9.48. The van der Waals surface area contributed by atoms with Crippen molar-refractivity contribution in [1.82, 2.24) is 10.3 Å². The second kappa shape index (κ2) is 6.58. The van der Waals surface area contributed by atoms with Crippen LogP contribution in [-0.2, 0) is 0 Å². The van der Waals surface area contributed by atoms with Crippen LogP contribution >= 0.6 is 11.3 Å². The summed E-state index contributed by atoms with van der Waals surface area (Å²) in [5.41, 5.74) is 1.40. The first-order valence-corrected chi connectivity index (χ1v) is 8.47. The number of methoxy groups -OCH3 is 1. The Morgan fingerprint density at radius 2 is 2.29 bits per heavy atom. The van der Waals surface area contributed by atoms with E-state index >= 15 is 0 Å². The van der Waals surface area contributed by atoms with Crippen LogP contribution in [0.25, 0.3) is 0 Å². The lowest BCUT2D eigenvalue weighted by molar-refractivity contribution is 0.262. The fourth-order valence-corrected chi connectivity index (χ4v) is 3.76. The number of thiazole rings is 1. The molecule has 0 radical (unpaired) electrons. The zero-order chi connectivity index (χ0) is 14.7. The number of hydrogen-bond acceptors (Lipinski definition) is 4. The van der Waals surface area contributed by atoms with E-state index in [9.17, 15) is 0 Å². The summed E-state index contributed by atoms with van der Waals surface area (Å²) in [6.45, 7) is 2.22. The molecule has 1 saturated carbocycles. The predicted molar refractivity (Wildman–Crippen MR) is 87.0 cm³/mol. The van der Waals surface area contributed by atoms with Gasteiger partial charge in [-0.2, -0.15) is 0 Å². The van der Waals surface area contributed by atoms with Crippen molar-refractivity contribution < 1.29 is 4.74 Å². The van der Waals surface area contributed by atoms with Crippen molar-refractivity contribution in [2.45, 2.75) is 44.2 Å². The van der Waals surface area contributed by atoms with Gasteiger partial charge in [-0.3, -0.25) is 0 Å². The molecular formula is C17H22N2OS. The van der Waals surface area contributed by atoms with Crippen LogP contribution in [0.1, 0.15) is 48.7 Å². The number of nitrogens with one attached hydrogen (secondary N) is 1. The first-order chi connectivity index (χ1) is 10.3. The average molecular weight is 302 g/mol. The van der Waals surface area contributed by atoms with Crippen LogP contribution in [0.5, 0.6) is 5.75 Å². The van der Waals surface area contributed by atoms with Crippen molar-refractivity contribution in [3.8, 4) is 5.75 Å². The van der Waals surface area contributed by atoms with Crippen molar-refractivity contribution in [1.29, 1.82) is 0 Å². The van der Waals surface area contributed by atoms with Gasteiger partial charge in [-0.15, -0.1) is 11.3 Å². The summed E-state index contributed by atoms with van der Waals surface area (Å²) in [7, 11) is 1.73. The van der Waals surface area contributed by atoms with Gasteiger partial charge >= 0.3 is 0 Å². The first kappa shape index (κ1) is 14.5. The highest BCUT2D eigenvalue weighted by Gasteiger charge is 2.32. The Morgan fingerprint density at radius 3 is 2.95 bits per heavy atom. The molecule has 0 aliphatic heterocycles. The molecule has 1 aromatic heterocycles. The normalized spacial score (nSPS) is 22.6. The highest BCUT2D eigenvalue weighted by Crippen LogP contribution is 2.39. The Morgan fingerprint density at radius 1 is 1.43 bits per heavy atom. The zero-order valence-electron chi connectivity index (χ0n) is 12.6. The molecule has 4 heteroatoms. The molecule has 112 valence electrons. The predicted octanol–water partition coefficient (Wildman–Crippen LogP) is 4.14. The molecule has 0 bridgehead atoms. The first-order valence-electron chi connectivity index (χ1n) is 7.59. The molecule has 1 aromatic carbocycles. The number of aromatic nitrogens is 1. The molecule has 1 unspecified atom stereocenters. The number of nitrogens with zero attached hydrogens (tertiary/aromatic N) is 1. The third-order valence-corrected chi connectivity index (χ3v) is 5.19. The fourth-order valence-electron chi connectivity index (χ4n) is 2.98. The molecule has 0 amide bonds. The maximum Gasteiger partial charge on any atom is 0.119 e. The van der Waals surface area contributed by atoms with E-state index in [4.69, 9.17) is 4.74 Å². The van der Waals surface area contributed by atoms with Crippen LogP contribution in [-0.4, -0.2) is 18.1 Å². The van der Waals surface area contributed by atoms with Crippen molar-refractivity contribution in [2.75, 3.05) is 7.11 Å². The summed E-state index contributed by atoms with van der Waals surface area (Å²) in [4.78, 5) is 4.44. The molecule has 1 fully saturated rings. The van der Waals surface area contributed by atoms with Gasteiger partial charge in [-0.05, 0) is 42.9 Å². The number of hydrogen-bond donors (Lipinski definition) is 1. The van der Waals surface area contributed by atoms with E-state index in [0.717, 1.165) is 12.2 Å². The van der Waals surface area contributed by atoms with Crippen LogP contribution in [0.3, 0.4) is 0 Å². The monoisotopic (exact) mass is 302 g/mol. The van der Waals surface area contributed by atoms with Gasteiger partial charge in [0, 0.05) is 17.6 Å². The average Bonchev–Trinajstić information content (AvgIpc) is 3.00. The Bertz CT molecular complexity index is 564. The molecule has 21 heavy (non-hydrogen) atoms. The van der Waals surface area contributed by atoms with Crippen LogP contribution < -0.4 is 10.1 Å². The molecule has 1 N–H and O–H groups in total. The minimum atomic E-state index is 0.404. The lowest BCUT2D eigenvalue weighted by Crippen LogP contribution is -2.41. The van der Waals surface area contributed by atoms with Crippen molar-refractivity contribution in [3.05, 3.63) is 46.4 Å². The van der Waals surface area contributed by atoms with Crippen LogP contribution in [0, 0.1) is 0 Å². The summed E-state index contributed by atoms with van der Waals surface area (Å²) in [5, 5.41) is 7.02. The summed E-state index contributed by atoms with van der Waals surface area (Å²) >= 11 is 1.74.